The van der Waals surface area contributed by atoms with Crippen molar-refractivity contribution in [3.05, 3.63) is 28.8 Å². The summed E-state index contributed by atoms with van der Waals surface area (Å²) in [6, 6.07) is 1.70. The van der Waals surface area contributed by atoms with Gasteiger partial charge in [-0.3, -0.25) is 0 Å². The summed E-state index contributed by atoms with van der Waals surface area (Å²) < 4.78 is 89.5. The topological polar surface area (TPSA) is 83.6 Å². The average molecular weight is 421 g/mol. The van der Waals surface area contributed by atoms with Crippen molar-refractivity contribution >= 4 is 31.6 Å². The molecule has 6 nitrogen and oxygen atoms in total. The Bertz CT molecular complexity index is 849. The fourth-order valence-corrected chi connectivity index (χ4v) is 5.34. The van der Waals surface area contributed by atoms with Gasteiger partial charge in [-0.2, -0.15) is 17.5 Å². The van der Waals surface area contributed by atoms with Crippen molar-refractivity contribution < 1.29 is 30.0 Å². The molecule has 2 rings (SSSR count). The van der Waals surface area contributed by atoms with E-state index in [-0.39, 0.29) is 31.0 Å². The van der Waals surface area contributed by atoms with Crippen molar-refractivity contribution in [2.45, 2.75) is 30.0 Å². The molecule has 1 N–H and O–H groups in total. The molecule has 0 radical (unpaired) electrons. The second-order valence-electron chi connectivity index (χ2n) is 5.71. The molecule has 1 heterocycles. The van der Waals surface area contributed by atoms with Crippen molar-refractivity contribution in [2.24, 2.45) is 0 Å². The molecule has 0 spiro atoms. The molecule has 0 atom stereocenters. The van der Waals surface area contributed by atoms with Crippen LogP contribution in [-0.2, 0) is 26.2 Å². The number of rotatable bonds is 4. The first-order valence-electron chi connectivity index (χ1n) is 7.15. The number of halogens is 4. The molecule has 0 amide bonds. The van der Waals surface area contributed by atoms with Gasteiger partial charge in [0.05, 0.1) is 16.8 Å². The van der Waals surface area contributed by atoms with E-state index in [2.05, 4.69) is 4.72 Å². The van der Waals surface area contributed by atoms with Crippen LogP contribution in [0.4, 0.5) is 13.2 Å². The fraction of sp³-hybridized carbons (Fsp3) is 0.538. The van der Waals surface area contributed by atoms with Gasteiger partial charge in [-0.05, 0) is 31.0 Å². The summed E-state index contributed by atoms with van der Waals surface area (Å²) in [7, 11) is -7.64. The zero-order chi connectivity index (χ0) is 19.0. The summed E-state index contributed by atoms with van der Waals surface area (Å²) >= 11 is 5.80. The number of nitrogens with one attached hydrogen (secondary N) is 1. The average Bonchev–Trinajstić information content (AvgIpc) is 2.45. The van der Waals surface area contributed by atoms with Crippen LogP contribution >= 0.6 is 11.6 Å². The lowest BCUT2D eigenvalue weighted by atomic mass is 10.1. The molecule has 0 aromatic heterocycles. The summed E-state index contributed by atoms with van der Waals surface area (Å²) in [6.07, 6.45) is -3.27. The Morgan fingerprint density at radius 2 is 1.72 bits per heavy atom. The highest BCUT2D eigenvalue weighted by Crippen LogP contribution is 2.34. The van der Waals surface area contributed by atoms with Crippen LogP contribution in [0.1, 0.15) is 18.4 Å². The highest BCUT2D eigenvalue weighted by molar-refractivity contribution is 7.89. The number of sulfonamides is 2. The molecule has 25 heavy (non-hydrogen) atoms. The van der Waals surface area contributed by atoms with E-state index in [9.17, 15) is 30.0 Å². The number of piperidine rings is 1. The number of alkyl halides is 3. The van der Waals surface area contributed by atoms with Gasteiger partial charge in [-0.15, -0.1) is 0 Å². The number of hydrogen-bond acceptors (Lipinski definition) is 4. The van der Waals surface area contributed by atoms with E-state index in [1.165, 1.54) is 0 Å². The molecule has 0 saturated carbocycles. The Labute approximate surface area is 149 Å². The summed E-state index contributed by atoms with van der Waals surface area (Å²) in [5.41, 5.74) is -1.11. The van der Waals surface area contributed by atoms with Crippen LogP contribution in [0.15, 0.2) is 23.1 Å². The van der Waals surface area contributed by atoms with E-state index < -0.39 is 42.7 Å². The lowest BCUT2D eigenvalue weighted by molar-refractivity contribution is -0.137. The first kappa shape index (κ1) is 20.4. The van der Waals surface area contributed by atoms with Crippen LogP contribution < -0.4 is 4.72 Å². The lowest BCUT2D eigenvalue weighted by Crippen LogP contribution is -2.46. The standard InChI is InChI=1S/C13H16ClF3N2O4S2/c1-24(20,21)18-10-4-6-19(7-5-10)25(22,23)12-8-9(13(15,16)17)2-3-11(12)14/h2-3,8,10,18H,4-7H2,1H3. The highest BCUT2D eigenvalue weighted by atomic mass is 35.5. The molecule has 142 valence electrons. The van der Waals surface area contributed by atoms with Gasteiger partial charge < -0.3 is 0 Å². The molecule has 1 aromatic carbocycles. The highest BCUT2D eigenvalue weighted by Gasteiger charge is 2.35. The van der Waals surface area contributed by atoms with Crippen LogP contribution in [0.5, 0.6) is 0 Å². The molecular formula is C13H16ClF3N2O4S2. The van der Waals surface area contributed by atoms with Crippen molar-refractivity contribution in [3.63, 3.8) is 0 Å². The Morgan fingerprint density at radius 1 is 1.16 bits per heavy atom. The molecule has 0 aliphatic carbocycles. The maximum atomic E-state index is 12.8. The van der Waals surface area contributed by atoms with Gasteiger partial charge in [0.15, 0.2) is 0 Å². The second kappa shape index (κ2) is 7.03. The molecule has 0 unspecified atom stereocenters. The van der Waals surface area contributed by atoms with Crippen molar-refractivity contribution in [2.75, 3.05) is 19.3 Å². The predicted octanol–water partition coefficient (Wildman–Crippen LogP) is 2.06. The first-order chi connectivity index (χ1) is 11.3. The van der Waals surface area contributed by atoms with E-state index in [1.54, 1.807) is 0 Å². The molecule has 1 fully saturated rings. The van der Waals surface area contributed by atoms with E-state index in [4.69, 9.17) is 11.6 Å². The van der Waals surface area contributed by atoms with Gasteiger partial charge in [0.2, 0.25) is 20.0 Å². The van der Waals surface area contributed by atoms with Crippen molar-refractivity contribution in [3.8, 4) is 0 Å². The molecular weight excluding hydrogens is 405 g/mol. The number of nitrogens with zero attached hydrogens (tertiary/aromatic N) is 1. The van der Waals surface area contributed by atoms with Crippen molar-refractivity contribution in [1.82, 2.24) is 9.03 Å². The number of hydrogen-bond donors (Lipinski definition) is 1. The van der Waals surface area contributed by atoms with E-state index in [0.717, 1.165) is 16.6 Å². The second-order valence-corrected chi connectivity index (χ2v) is 9.80. The fourth-order valence-electron chi connectivity index (χ4n) is 2.53. The minimum absolute atomic E-state index is 0.0257. The zero-order valence-corrected chi connectivity index (χ0v) is 15.4. The van der Waals surface area contributed by atoms with Crippen LogP contribution in [-0.4, -0.2) is 46.5 Å². The molecule has 1 aliphatic heterocycles. The maximum Gasteiger partial charge on any atom is 0.416 e. The first-order valence-corrected chi connectivity index (χ1v) is 10.9. The Hall–Kier alpha value is -0.880. The van der Waals surface area contributed by atoms with E-state index >= 15 is 0 Å². The summed E-state index contributed by atoms with van der Waals surface area (Å²) in [5.74, 6) is 0. The zero-order valence-electron chi connectivity index (χ0n) is 13.0. The van der Waals surface area contributed by atoms with E-state index in [0.29, 0.717) is 12.1 Å². The third kappa shape index (κ3) is 5.07. The summed E-state index contributed by atoms with van der Waals surface area (Å²) in [4.78, 5) is -0.612. The Kier molecular flexibility index (Phi) is 5.74. The van der Waals surface area contributed by atoms with Gasteiger partial charge >= 0.3 is 6.18 Å². The van der Waals surface area contributed by atoms with Gasteiger partial charge in [0.25, 0.3) is 0 Å². The molecule has 1 saturated heterocycles. The third-order valence-corrected chi connectivity index (χ3v) is 6.85. The monoisotopic (exact) mass is 420 g/mol. The van der Waals surface area contributed by atoms with Crippen molar-refractivity contribution in [1.29, 1.82) is 0 Å². The van der Waals surface area contributed by atoms with Gasteiger partial charge in [0.1, 0.15) is 4.90 Å². The smallest absolute Gasteiger partial charge is 0.213 e. The molecule has 1 aliphatic rings. The Morgan fingerprint density at radius 3 is 2.20 bits per heavy atom. The molecule has 1 aromatic rings. The maximum absolute atomic E-state index is 12.8. The largest absolute Gasteiger partial charge is 0.416 e. The van der Waals surface area contributed by atoms with E-state index in [1.807, 2.05) is 0 Å². The van der Waals surface area contributed by atoms with Gasteiger partial charge in [-0.25, -0.2) is 21.6 Å². The SMILES string of the molecule is CS(=O)(=O)NC1CCN(S(=O)(=O)c2cc(C(F)(F)F)ccc2Cl)CC1. The quantitative estimate of drug-likeness (QED) is 0.808. The van der Waals surface area contributed by atoms with Crippen LogP contribution in [0.25, 0.3) is 0 Å². The Balaban J connectivity index is 2.23. The van der Waals surface area contributed by atoms with Crippen LogP contribution in [0, 0.1) is 0 Å². The van der Waals surface area contributed by atoms with Crippen LogP contribution in [0.2, 0.25) is 5.02 Å². The normalized spacial score (nSPS) is 18.4. The third-order valence-electron chi connectivity index (χ3n) is 3.71. The summed E-state index contributed by atoms with van der Waals surface area (Å²) in [6.45, 7) is -0.0514. The minimum Gasteiger partial charge on any atom is -0.213 e. The predicted molar refractivity (Wildman–Crippen MR) is 86.2 cm³/mol. The lowest BCUT2D eigenvalue weighted by Gasteiger charge is -2.31. The van der Waals surface area contributed by atoms with Gasteiger partial charge in [0, 0.05) is 19.1 Å². The molecule has 12 heteroatoms. The van der Waals surface area contributed by atoms with Crippen LogP contribution in [0.3, 0.4) is 0 Å². The number of benzene rings is 1. The summed E-state index contributed by atoms with van der Waals surface area (Å²) in [5, 5.41) is -0.301. The minimum atomic E-state index is -4.69. The molecule has 0 bridgehead atoms. The van der Waals surface area contributed by atoms with Gasteiger partial charge in [-0.1, -0.05) is 11.6 Å².